The maximum Gasteiger partial charge on any atom is 0.417 e. The summed E-state index contributed by atoms with van der Waals surface area (Å²) in [5, 5.41) is 3.84. The molecule has 2 amide bonds. The van der Waals surface area contributed by atoms with Gasteiger partial charge < -0.3 is 20.0 Å². The van der Waals surface area contributed by atoms with Crippen LogP contribution in [0.2, 0.25) is 0 Å². The number of carbonyl (C=O) groups is 3. The fourth-order valence-corrected chi connectivity index (χ4v) is 3.47. The van der Waals surface area contributed by atoms with E-state index in [1.54, 1.807) is 12.1 Å². The highest BCUT2D eigenvalue weighted by atomic mass is 32.1. The van der Waals surface area contributed by atoms with Gasteiger partial charge in [0, 0.05) is 0 Å². The molecular weight excluding hydrogens is 404 g/mol. The van der Waals surface area contributed by atoms with Crippen LogP contribution in [0.25, 0.3) is 0 Å². The van der Waals surface area contributed by atoms with Crippen molar-refractivity contribution in [2.24, 2.45) is 11.7 Å². The highest BCUT2D eigenvalue weighted by Gasteiger charge is 2.34. The first kappa shape index (κ1) is 23.7. The average molecular weight is 433 g/mol. The molecule has 7 nitrogen and oxygen atoms in total. The lowest BCUT2D eigenvalue weighted by molar-refractivity contribution is -0.137. The van der Waals surface area contributed by atoms with Gasteiger partial charge in [0.25, 0.3) is 0 Å². The Morgan fingerprint density at radius 3 is 2.47 bits per heavy atom. The predicted molar refractivity (Wildman–Crippen MR) is 115 cm³/mol. The normalized spacial score (nSPS) is 12.9. The molecule has 0 aliphatic carbocycles. The second kappa shape index (κ2) is 12.2. The van der Waals surface area contributed by atoms with Gasteiger partial charge in [-0.25, -0.2) is 9.69 Å². The van der Waals surface area contributed by atoms with E-state index in [0.29, 0.717) is 12.7 Å². The minimum Gasteiger partial charge on any atom is -0.444 e. The van der Waals surface area contributed by atoms with Crippen molar-refractivity contribution in [1.29, 1.82) is 0 Å². The Balaban J connectivity index is 2.09. The summed E-state index contributed by atoms with van der Waals surface area (Å²) in [5.74, 6) is -0.506. The number of benzene rings is 1. The third kappa shape index (κ3) is 7.37. The molecule has 0 bridgehead atoms. The zero-order chi connectivity index (χ0) is 21.9. The van der Waals surface area contributed by atoms with Gasteiger partial charge in [0.2, 0.25) is 5.91 Å². The van der Waals surface area contributed by atoms with Crippen LogP contribution in [0.1, 0.15) is 31.4 Å². The number of rotatable bonds is 11. The Bertz CT molecular complexity index is 795. The minimum absolute atomic E-state index is 0.0236. The fourth-order valence-electron chi connectivity index (χ4n) is 2.81. The standard InChI is InChI=1S/C22H28N2O5S/c1-16(2)10-20(23)21(26)24(22(27)29-13-17-6-4-3-5-7-17)19(11-25)14-28-12-18-8-9-30-15-18/h3-9,11,15-16,19-20H,10,12-14,23H2,1-2H3/t19?,20-/m0/s1. The summed E-state index contributed by atoms with van der Waals surface area (Å²) in [6.07, 6.45) is -0.0284. The van der Waals surface area contributed by atoms with Crippen molar-refractivity contribution >= 4 is 29.6 Å². The molecule has 1 aromatic heterocycles. The molecule has 2 atom stereocenters. The number of thiophene rings is 1. The highest BCUT2D eigenvalue weighted by Crippen LogP contribution is 2.13. The van der Waals surface area contributed by atoms with E-state index in [2.05, 4.69) is 0 Å². The molecule has 0 spiro atoms. The second-order valence-corrected chi connectivity index (χ2v) is 8.11. The third-order valence-corrected chi connectivity index (χ3v) is 5.04. The molecule has 0 fully saturated rings. The Labute approximate surface area is 180 Å². The molecule has 1 heterocycles. The summed E-state index contributed by atoms with van der Waals surface area (Å²) in [6, 6.07) is 8.92. The predicted octanol–water partition coefficient (Wildman–Crippen LogP) is 3.37. The monoisotopic (exact) mass is 432 g/mol. The van der Waals surface area contributed by atoms with Crippen molar-refractivity contribution in [1.82, 2.24) is 4.90 Å². The smallest absolute Gasteiger partial charge is 0.417 e. The largest absolute Gasteiger partial charge is 0.444 e. The van der Waals surface area contributed by atoms with Gasteiger partial charge in [-0.1, -0.05) is 44.2 Å². The van der Waals surface area contributed by atoms with Crippen molar-refractivity contribution in [3.05, 3.63) is 58.3 Å². The molecular formula is C22H28N2O5S. The van der Waals surface area contributed by atoms with Gasteiger partial charge in [0.15, 0.2) is 0 Å². The number of ether oxygens (including phenoxy) is 2. The minimum atomic E-state index is -1.13. The van der Waals surface area contributed by atoms with E-state index < -0.39 is 24.1 Å². The van der Waals surface area contributed by atoms with E-state index in [9.17, 15) is 14.4 Å². The van der Waals surface area contributed by atoms with Gasteiger partial charge in [-0.15, -0.1) is 0 Å². The molecule has 0 radical (unpaired) electrons. The van der Waals surface area contributed by atoms with Crippen LogP contribution < -0.4 is 5.73 Å². The van der Waals surface area contributed by atoms with Gasteiger partial charge in [0.05, 0.1) is 19.3 Å². The van der Waals surface area contributed by atoms with Crippen LogP contribution in [0.15, 0.2) is 47.2 Å². The first-order valence-electron chi connectivity index (χ1n) is 9.75. The number of hydrogen-bond donors (Lipinski definition) is 1. The Morgan fingerprint density at radius 2 is 1.87 bits per heavy atom. The number of hydrogen-bond acceptors (Lipinski definition) is 7. The first-order chi connectivity index (χ1) is 14.4. The third-order valence-electron chi connectivity index (χ3n) is 4.31. The number of carbonyl (C=O) groups excluding carboxylic acids is 3. The van der Waals surface area contributed by atoms with E-state index in [1.165, 1.54) is 11.3 Å². The zero-order valence-corrected chi connectivity index (χ0v) is 18.0. The molecule has 2 N–H and O–H groups in total. The summed E-state index contributed by atoms with van der Waals surface area (Å²) >= 11 is 1.53. The van der Waals surface area contributed by atoms with Crippen molar-refractivity contribution in [2.75, 3.05) is 6.61 Å². The van der Waals surface area contributed by atoms with Crippen molar-refractivity contribution in [3.8, 4) is 0 Å². The van der Waals surface area contributed by atoms with Gasteiger partial charge in [-0.05, 0) is 40.3 Å². The van der Waals surface area contributed by atoms with Gasteiger partial charge in [-0.2, -0.15) is 11.3 Å². The van der Waals surface area contributed by atoms with E-state index >= 15 is 0 Å². The zero-order valence-electron chi connectivity index (χ0n) is 17.2. The van der Waals surface area contributed by atoms with Crippen LogP contribution in [0.3, 0.4) is 0 Å². The number of amides is 2. The van der Waals surface area contributed by atoms with Crippen LogP contribution >= 0.6 is 11.3 Å². The average Bonchev–Trinajstić information content (AvgIpc) is 3.25. The lowest BCUT2D eigenvalue weighted by atomic mass is 10.0. The second-order valence-electron chi connectivity index (χ2n) is 7.33. The Morgan fingerprint density at radius 1 is 1.13 bits per heavy atom. The Hall–Kier alpha value is -2.55. The fraction of sp³-hybridized carbons (Fsp3) is 0.409. The molecule has 0 saturated carbocycles. The molecule has 0 aliphatic heterocycles. The first-order valence-corrected chi connectivity index (χ1v) is 10.7. The van der Waals surface area contributed by atoms with Crippen LogP contribution in [-0.4, -0.2) is 41.9 Å². The molecule has 0 aliphatic rings. The lowest BCUT2D eigenvalue weighted by Crippen LogP contribution is -2.54. The van der Waals surface area contributed by atoms with Crippen molar-refractivity contribution in [3.63, 3.8) is 0 Å². The van der Waals surface area contributed by atoms with Gasteiger partial charge in [-0.3, -0.25) is 4.79 Å². The van der Waals surface area contributed by atoms with Crippen LogP contribution in [0.5, 0.6) is 0 Å². The number of nitrogens with zero attached hydrogens (tertiary/aromatic N) is 1. The van der Waals surface area contributed by atoms with Crippen molar-refractivity contribution in [2.45, 2.75) is 45.6 Å². The van der Waals surface area contributed by atoms with E-state index in [4.69, 9.17) is 15.2 Å². The van der Waals surface area contributed by atoms with Gasteiger partial charge >= 0.3 is 6.09 Å². The molecule has 1 aromatic carbocycles. The number of aldehydes is 1. The van der Waals surface area contributed by atoms with E-state index in [-0.39, 0.29) is 25.7 Å². The molecule has 162 valence electrons. The highest BCUT2D eigenvalue weighted by molar-refractivity contribution is 7.07. The van der Waals surface area contributed by atoms with E-state index in [0.717, 1.165) is 16.0 Å². The topological polar surface area (TPSA) is 98.9 Å². The summed E-state index contributed by atoms with van der Waals surface area (Å²) in [4.78, 5) is 38.2. The lowest BCUT2D eigenvalue weighted by Gasteiger charge is -2.28. The molecule has 1 unspecified atom stereocenters. The molecule has 2 aromatic rings. The van der Waals surface area contributed by atoms with E-state index in [1.807, 2.05) is 48.9 Å². The molecule has 2 rings (SSSR count). The molecule has 0 saturated heterocycles. The summed E-state index contributed by atoms with van der Waals surface area (Å²) in [6.45, 7) is 3.95. The maximum absolute atomic E-state index is 12.9. The maximum atomic E-state index is 12.9. The quantitative estimate of drug-likeness (QED) is 0.547. The summed E-state index contributed by atoms with van der Waals surface area (Å²) in [7, 11) is 0. The SMILES string of the molecule is CC(C)C[C@H](N)C(=O)N(C(=O)OCc1ccccc1)C(C=O)COCc1ccsc1. The molecule has 30 heavy (non-hydrogen) atoms. The Kier molecular flexibility index (Phi) is 9.66. The van der Waals surface area contributed by atoms with Crippen LogP contribution in [0.4, 0.5) is 4.79 Å². The van der Waals surface area contributed by atoms with Gasteiger partial charge in [0.1, 0.15) is 18.9 Å². The van der Waals surface area contributed by atoms with Crippen LogP contribution in [0, 0.1) is 5.92 Å². The summed E-state index contributed by atoms with van der Waals surface area (Å²) < 4.78 is 10.9. The number of imide groups is 1. The van der Waals surface area contributed by atoms with Crippen molar-refractivity contribution < 1.29 is 23.9 Å². The molecule has 8 heteroatoms. The number of nitrogens with two attached hydrogens (primary N) is 1. The summed E-state index contributed by atoms with van der Waals surface area (Å²) in [5.41, 5.74) is 7.72. The van der Waals surface area contributed by atoms with Crippen LogP contribution in [-0.2, 0) is 32.3 Å².